The number of rotatable bonds is 5. The number of carbonyl (C=O) groups excluding carboxylic acids is 3. The topological polar surface area (TPSA) is 87.3 Å². The molecule has 1 aromatic carbocycles. The standard InChI is InChI=1S/C22H31N3O3/c1-2-15-11-13-17(14-12-15)24-21(27)22(28)25-19-10-6-5-9-18(19)20(26)23-16-7-3-4-8-16/h5-6,9-10,15-17H,2-4,7-8,11-14H2,1H3,(H,23,26)(H,24,27)(H,25,28). The summed E-state index contributed by atoms with van der Waals surface area (Å²) in [4.78, 5) is 37.3. The Balaban J connectivity index is 1.56. The predicted molar refractivity (Wildman–Crippen MR) is 109 cm³/mol. The van der Waals surface area contributed by atoms with Crippen molar-refractivity contribution >= 4 is 23.4 Å². The fourth-order valence-electron chi connectivity index (χ4n) is 4.27. The smallest absolute Gasteiger partial charge is 0.313 e. The second-order valence-electron chi connectivity index (χ2n) is 8.05. The monoisotopic (exact) mass is 385 g/mol. The number of benzene rings is 1. The van der Waals surface area contributed by atoms with Gasteiger partial charge >= 0.3 is 11.8 Å². The van der Waals surface area contributed by atoms with E-state index >= 15 is 0 Å². The lowest BCUT2D eigenvalue weighted by molar-refractivity contribution is -0.136. The quantitative estimate of drug-likeness (QED) is 0.679. The lowest BCUT2D eigenvalue weighted by Crippen LogP contribution is -2.43. The Morgan fingerprint density at radius 3 is 2.18 bits per heavy atom. The normalized spacial score (nSPS) is 22.5. The maximum atomic E-state index is 12.6. The summed E-state index contributed by atoms with van der Waals surface area (Å²) >= 11 is 0. The van der Waals surface area contributed by atoms with Crippen LogP contribution >= 0.6 is 0 Å². The third-order valence-electron chi connectivity index (χ3n) is 6.08. The van der Waals surface area contributed by atoms with E-state index in [2.05, 4.69) is 22.9 Å². The van der Waals surface area contributed by atoms with Gasteiger partial charge in [-0.1, -0.05) is 38.3 Å². The van der Waals surface area contributed by atoms with Crippen LogP contribution in [-0.2, 0) is 9.59 Å². The summed E-state index contributed by atoms with van der Waals surface area (Å²) in [7, 11) is 0. The van der Waals surface area contributed by atoms with E-state index in [0.29, 0.717) is 11.3 Å². The van der Waals surface area contributed by atoms with Crippen LogP contribution in [0.3, 0.4) is 0 Å². The van der Waals surface area contributed by atoms with Crippen molar-refractivity contribution in [2.75, 3.05) is 5.32 Å². The average molecular weight is 386 g/mol. The minimum Gasteiger partial charge on any atom is -0.349 e. The van der Waals surface area contributed by atoms with E-state index in [-0.39, 0.29) is 18.0 Å². The molecule has 3 N–H and O–H groups in total. The number of hydrogen-bond donors (Lipinski definition) is 3. The highest BCUT2D eigenvalue weighted by Crippen LogP contribution is 2.26. The van der Waals surface area contributed by atoms with Gasteiger partial charge in [0.05, 0.1) is 11.3 Å². The first kappa shape index (κ1) is 20.4. The van der Waals surface area contributed by atoms with Crippen molar-refractivity contribution in [1.29, 1.82) is 0 Å². The molecule has 0 radical (unpaired) electrons. The minimum absolute atomic E-state index is 0.0574. The van der Waals surface area contributed by atoms with Gasteiger partial charge in [0, 0.05) is 12.1 Å². The Bertz CT molecular complexity index is 705. The van der Waals surface area contributed by atoms with Crippen molar-refractivity contribution in [3.63, 3.8) is 0 Å². The Labute approximate surface area is 166 Å². The van der Waals surface area contributed by atoms with Crippen molar-refractivity contribution in [3.05, 3.63) is 29.8 Å². The van der Waals surface area contributed by atoms with Crippen LogP contribution in [0.2, 0.25) is 0 Å². The van der Waals surface area contributed by atoms with Gasteiger partial charge in [0.2, 0.25) is 0 Å². The Morgan fingerprint density at radius 2 is 1.50 bits per heavy atom. The molecule has 0 bridgehead atoms. The highest BCUT2D eigenvalue weighted by molar-refractivity contribution is 6.40. The molecule has 6 nitrogen and oxygen atoms in total. The zero-order valence-corrected chi connectivity index (χ0v) is 16.6. The molecule has 2 aliphatic rings. The fraction of sp³-hybridized carbons (Fsp3) is 0.591. The number of para-hydroxylation sites is 1. The number of amides is 3. The fourth-order valence-corrected chi connectivity index (χ4v) is 4.27. The van der Waals surface area contributed by atoms with Crippen LogP contribution in [0.1, 0.15) is 75.1 Å². The van der Waals surface area contributed by atoms with Crippen molar-refractivity contribution in [2.24, 2.45) is 5.92 Å². The molecule has 3 rings (SSSR count). The first-order chi connectivity index (χ1) is 13.6. The number of nitrogens with one attached hydrogen (secondary N) is 3. The van der Waals surface area contributed by atoms with Gasteiger partial charge in [-0.25, -0.2) is 0 Å². The van der Waals surface area contributed by atoms with Gasteiger partial charge in [-0.3, -0.25) is 14.4 Å². The minimum atomic E-state index is -0.723. The van der Waals surface area contributed by atoms with E-state index in [1.54, 1.807) is 24.3 Å². The van der Waals surface area contributed by atoms with Crippen LogP contribution in [0.15, 0.2) is 24.3 Å². The summed E-state index contributed by atoms with van der Waals surface area (Å²) in [5, 5.41) is 8.48. The van der Waals surface area contributed by atoms with E-state index in [0.717, 1.165) is 57.3 Å². The van der Waals surface area contributed by atoms with E-state index in [1.807, 2.05) is 0 Å². The molecule has 0 aromatic heterocycles. The SMILES string of the molecule is CCC1CCC(NC(=O)C(=O)Nc2ccccc2C(=O)NC2CCCC2)CC1. The second-order valence-corrected chi connectivity index (χ2v) is 8.05. The molecule has 2 aliphatic carbocycles. The van der Waals surface area contributed by atoms with Crippen molar-refractivity contribution in [3.8, 4) is 0 Å². The maximum Gasteiger partial charge on any atom is 0.313 e. The summed E-state index contributed by atoms with van der Waals surface area (Å²) in [6.45, 7) is 2.19. The highest BCUT2D eigenvalue weighted by atomic mass is 16.2. The Kier molecular flexibility index (Phi) is 7.06. The molecule has 0 spiro atoms. The lowest BCUT2D eigenvalue weighted by Gasteiger charge is -2.28. The zero-order chi connectivity index (χ0) is 19.9. The summed E-state index contributed by atoms with van der Waals surface area (Å²) in [5.74, 6) is -0.835. The molecule has 2 fully saturated rings. The lowest BCUT2D eigenvalue weighted by atomic mass is 9.84. The van der Waals surface area contributed by atoms with Gasteiger partial charge in [0.1, 0.15) is 0 Å². The Morgan fingerprint density at radius 1 is 0.857 bits per heavy atom. The van der Waals surface area contributed by atoms with Crippen LogP contribution < -0.4 is 16.0 Å². The molecule has 0 unspecified atom stereocenters. The number of hydrogen-bond acceptors (Lipinski definition) is 3. The molecule has 0 heterocycles. The van der Waals surface area contributed by atoms with Crippen molar-refractivity contribution < 1.29 is 14.4 Å². The van der Waals surface area contributed by atoms with Gasteiger partial charge in [-0.2, -0.15) is 0 Å². The first-order valence-electron chi connectivity index (χ1n) is 10.6. The molecule has 2 saturated carbocycles. The highest BCUT2D eigenvalue weighted by Gasteiger charge is 2.25. The van der Waals surface area contributed by atoms with Crippen LogP contribution in [0.4, 0.5) is 5.69 Å². The van der Waals surface area contributed by atoms with Crippen LogP contribution in [0.25, 0.3) is 0 Å². The molecule has 6 heteroatoms. The summed E-state index contributed by atoms with van der Waals surface area (Å²) in [6, 6.07) is 7.07. The zero-order valence-electron chi connectivity index (χ0n) is 16.6. The third-order valence-corrected chi connectivity index (χ3v) is 6.08. The molecular formula is C22H31N3O3. The van der Waals surface area contributed by atoms with Crippen LogP contribution in [0, 0.1) is 5.92 Å². The molecule has 0 saturated heterocycles. The molecular weight excluding hydrogens is 354 g/mol. The van der Waals surface area contributed by atoms with E-state index in [9.17, 15) is 14.4 Å². The average Bonchev–Trinajstić information content (AvgIpc) is 3.22. The molecule has 3 amide bonds. The van der Waals surface area contributed by atoms with Gasteiger partial charge in [-0.15, -0.1) is 0 Å². The van der Waals surface area contributed by atoms with Crippen LogP contribution in [-0.4, -0.2) is 29.8 Å². The molecule has 152 valence electrons. The summed E-state index contributed by atoms with van der Waals surface area (Å²) < 4.78 is 0. The first-order valence-corrected chi connectivity index (χ1v) is 10.6. The van der Waals surface area contributed by atoms with Gasteiger partial charge in [0.15, 0.2) is 0 Å². The molecule has 28 heavy (non-hydrogen) atoms. The Hall–Kier alpha value is -2.37. The second kappa shape index (κ2) is 9.71. The summed E-state index contributed by atoms with van der Waals surface area (Å²) in [5.41, 5.74) is 0.756. The van der Waals surface area contributed by atoms with Gasteiger partial charge in [-0.05, 0) is 56.6 Å². The molecule has 1 aromatic rings. The molecule has 0 atom stereocenters. The van der Waals surface area contributed by atoms with Gasteiger partial charge in [0.25, 0.3) is 5.91 Å². The predicted octanol–water partition coefficient (Wildman–Crippen LogP) is 3.38. The maximum absolute atomic E-state index is 12.6. The van der Waals surface area contributed by atoms with Crippen molar-refractivity contribution in [1.82, 2.24) is 10.6 Å². The van der Waals surface area contributed by atoms with E-state index in [1.165, 1.54) is 6.42 Å². The van der Waals surface area contributed by atoms with Gasteiger partial charge < -0.3 is 16.0 Å². The number of carbonyl (C=O) groups is 3. The van der Waals surface area contributed by atoms with Crippen molar-refractivity contribution in [2.45, 2.75) is 76.8 Å². The van der Waals surface area contributed by atoms with E-state index in [4.69, 9.17) is 0 Å². The van der Waals surface area contributed by atoms with E-state index < -0.39 is 11.8 Å². The van der Waals surface area contributed by atoms with Crippen LogP contribution in [0.5, 0.6) is 0 Å². The molecule has 0 aliphatic heterocycles. The largest absolute Gasteiger partial charge is 0.349 e. The number of anilines is 1. The summed E-state index contributed by atoms with van der Waals surface area (Å²) in [6.07, 6.45) is 9.41. The third kappa shape index (κ3) is 5.33.